The van der Waals surface area contributed by atoms with Crippen molar-refractivity contribution < 1.29 is 13.6 Å². The highest BCUT2D eigenvalue weighted by molar-refractivity contribution is 6.00. The molecule has 0 unspecified atom stereocenters. The molecule has 25 heavy (non-hydrogen) atoms. The van der Waals surface area contributed by atoms with Crippen LogP contribution in [0.1, 0.15) is 18.4 Å². The van der Waals surface area contributed by atoms with Gasteiger partial charge in [-0.2, -0.15) is 9.49 Å². The number of carbonyl (C=O) groups is 1. The predicted molar refractivity (Wildman–Crippen MR) is 89.6 cm³/mol. The minimum atomic E-state index is -0.824. The fourth-order valence-electron chi connectivity index (χ4n) is 3.02. The normalized spacial score (nSPS) is 18.0. The van der Waals surface area contributed by atoms with Crippen LogP contribution in [0.25, 0.3) is 5.70 Å². The first kappa shape index (κ1) is 15.6. The fourth-order valence-corrected chi connectivity index (χ4v) is 3.02. The molecule has 0 saturated heterocycles. The Morgan fingerprint density at radius 2 is 2.04 bits per heavy atom. The van der Waals surface area contributed by atoms with Gasteiger partial charge in [0.15, 0.2) is 11.8 Å². The third kappa shape index (κ3) is 2.82. The van der Waals surface area contributed by atoms with E-state index in [1.54, 1.807) is 36.5 Å². The number of anilines is 1. The third-order valence-electron chi connectivity index (χ3n) is 4.53. The van der Waals surface area contributed by atoms with Crippen LogP contribution in [0.2, 0.25) is 0 Å². The molecular weight excluding hydrogens is 326 g/mol. The first-order valence-electron chi connectivity index (χ1n) is 8.02. The number of dihydropyridines is 1. The summed E-state index contributed by atoms with van der Waals surface area (Å²) in [5.41, 5.74) is 0.166. The van der Waals surface area contributed by atoms with Gasteiger partial charge in [-0.05, 0) is 25.0 Å². The van der Waals surface area contributed by atoms with Crippen molar-refractivity contribution in [2.24, 2.45) is 0 Å². The minimum Gasteiger partial charge on any atom is -0.358 e. The summed E-state index contributed by atoms with van der Waals surface area (Å²) in [7, 11) is 0. The number of hydrogen-bond donors (Lipinski definition) is 2. The van der Waals surface area contributed by atoms with Gasteiger partial charge in [0, 0.05) is 30.4 Å². The van der Waals surface area contributed by atoms with Crippen molar-refractivity contribution in [2.75, 3.05) is 11.9 Å². The lowest BCUT2D eigenvalue weighted by Crippen LogP contribution is -2.29. The number of carbonyl (C=O) groups excluding carboxylic acids is 1. The molecule has 1 aliphatic heterocycles. The summed E-state index contributed by atoms with van der Waals surface area (Å²) in [6, 6.07) is 7.97. The number of hydrogen-bond acceptors (Lipinski definition) is 3. The molecule has 5 nitrogen and oxygen atoms in total. The largest absolute Gasteiger partial charge is 0.358 e. The number of benzene rings is 1. The Balaban J connectivity index is 1.53. The van der Waals surface area contributed by atoms with E-state index in [-0.39, 0.29) is 11.7 Å². The topological polar surface area (TPSA) is 59.0 Å². The quantitative estimate of drug-likeness (QED) is 0.840. The highest BCUT2D eigenvalue weighted by Gasteiger charge is 2.52. The Hall–Kier alpha value is -2.96. The second-order valence-electron chi connectivity index (χ2n) is 6.16. The van der Waals surface area contributed by atoms with Gasteiger partial charge >= 0.3 is 0 Å². The van der Waals surface area contributed by atoms with Gasteiger partial charge in [-0.25, -0.2) is 9.07 Å². The molecule has 1 aromatic heterocycles. The van der Waals surface area contributed by atoms with Crippen molar-refractivity contribution in [1.82, 2.24) is 15.1 Å². The third-order valence-corrected chi connectivity index (χ3v) is 4.53. The van der Waals surface area contributed by atoms with Gasteiger partial charge in [0.2, 0.25) is 5.91 Å². The summed E-state index contributed by atoms with van der Waals surface area (Å²) in [4.78, 5) is 12.7. The standard InChI is InChI=1S/C18H16F2N4O/c19-14-4-2-1-3-13(14)18(7-8-18)17(25)22-16-6-10-24(23-16)12-5-9-21-15(20)11-12/h1-6,10-11,21H,7-9H2,(H,22,23,25). The van der Waals surface area contributed by atoms with Gasteiger partial charge in [-0.1, -0.05) is 18.2 Å². The summed E-state index contributed by atoms with van der Waals surface area (Å²) in [6.45, 7) is 0.371. The average molecular weight is 342 g/mol. The number of amides is 1. The zero-order valence-electron chi connectivity index (χ0n) is 13.3. The van der Waals surface area contributed by atoms with Crippen LogP contribution < -0.4 is 10.6 Å². The molecular formula is C18H16F2N4O. The van der Waals surface area contributed by atoms with E-state index < -0.39 is 11.4 Å². The van der Waals surface area contributed by atoms with Crippen LogP contribution in [0, 0.1) is 5.82 Å². The van der Waals surface area contributed by atoms with Crippen LogP contribution in [0.15, 0.2) is 54.6 Å². The van der Waals surface area contributed by atoms with Crippen LogP contribution in [0.5, 0.6) is 0 Å². The van der Waals surface area contributed by atoms with E-state index in [1.165, 1.54) is 16.8 Å². The lowest BCUT2D eigenvalue weighted by atomic mass is 9.94. The van der Waals surface area contributed by atoms with E-state index in [0.29, 0.717) is 36.5 Å². The van der Waals surface area contributed by atoms with Gasteiger partial charge in [0.25, 0.3) is 0 Å². The van der Waals surface area contributed by atoms with Crippen molar-refractivity contribution in [3.05, 3.63) is 66.0 Å². The van der Waals surface area contributed by atoms with Crippen molar-refractivity contribution >= 4 is 17.4 Å². The van der Waals surface area contributed by atoms with Crippen molar-refractivity contribution in [1.29, 1.82) is 0 Å². The zero-order chi connectivity index (χ0) is 17.4. The van der Waals surface area contributed by atoms with Crippen LogP contribution in [0.3, 0.4) is 0 Å². The number of nitrogens with one attached hydrogen (secondary N) is 2. The van der Waals surface area contributed by atoms with Gasteiger partial charge < -0.3 is 10.6 Å². The Kier molecular flexibility index (Phi) is 3.63. The number of aromatic nitrogens is 2. The number of allylic oxidation sites excluding steroid dienone is 2. The molecule has 0 atom stereocenters. The Labute approximate surface area is 143 Å². The molecule has 0 radical (unpaired) electrons. The van der Waals surface area contributed by atoms with Crippen molar-refractivity contribution in [2.45, 2.75) is 18.3 Å². The zero-order valence-corrected chi connectivity index (χ0v) is 13.3. The molecule has 2 heterocycles. The smallest absolute Gasteiger partial charge is 0.236 e. The molecule has 7 heteroatoms. The van der Waals surface area contributed by atoms with Crippen molar-refractivity contribution in [3.8, 4) is 0 Å². The summed E-state index contributed by atoms with van der Waals surface area (Å²) in [5, 5.41) is 9.54. The van der Waals surface area contributed by atoms with E-state index in [9.17, 15) is 13.6 Å². The van der Waals surface area contributed by atoms with Gasteiger partial charge in [0.1, 0.15) is 5.82 Å². The molecule has 2 N–H and O–H groups in total. The molecule has 1 aliphatic carbocycles. The lowest BCUT2D eigenvalue weighted by molar-refractivity contribution is -0.118. The number of nitrogens with zero attached hydrogens (tertiary/aromatic N) is 2. The summed E-state index contributed by atoms with van der Waals surface area (Å²) < 4.78 is 28.8. The molecule has 1 saturated carbocycles. The predicted octanol–water partition coefficient (Wildman–Crippen LogP) is 2.95. The number of halogens is 2. The Morgan fingerprint density at radius 3 is 2.76 bits per heavy atom. The lowest BCUT2D eigenvalue weighted by Gasteiger charge is -2.15. The SMILES string of the molecule is O=C(Nc1ccn(C2=CCNC(F)=C2)n1)C1(c2ccccc2F)CC1. The van der Waals surface area contributed by atoms with Crippen LogP contribution >= 0.6 is 0 Å². The Morgan fingerprint density at radius 1 is 1.24 bits per heavy atom. The summed E-state index contributed by atoms with van der Waals surface area (Å²) in [6.07, 6.45) is 5.95. The minimum absolute atomic E-state index is 0.274. The molecule has 1 aromatic carbocycles. The van der Waals surface area contributed by atoms with Crippen LogP contribution in [-0.2, 0) is 10.2 Å². The molecule has 0 spiro atoms. The molecule has 0 bridgehead atoms. The molecule has 128 valence electrons. The monoisotopic (exact) mass is 342 g/mol. The van der Waals surface area contributed by atoms with Crippen LogP contribution in [-0.4, -0.2) is 22.2 Å². The molecule has 1 fully saturated rings. The molecule has 4 rings (SSSR count). The van der Waals surface area contributed by atoms with E-state index >= 15 is 0 Å². The molecule has 1 amide bonds. The maximum absolute atomic E-state index is 14.1. The molecule has 2 aliphatic rings. The van der Waals surface area contributed by atoms with Crippen LogP contribution in [0.4, 0.5) is 14.6 Å². The van der Waals surface area contributed by atoms with Gasteiger partial charge in [-0.15, -0.1) is 0 Å². The van der Waals surface area contributed by atoms with Gasteiger partial charge in [0.05, 0.1) is 11.1 Å². The highest BCUT2D eigenvalue weighted by Crippen LogP contribution is 2.49. The maximum Gasteiger partial charge on any atom is 0.236 e. The Bertz CT molecular complexity index is 896. The first-order valence-corrected chi connectivity index (χ1v) is 8.02. The summed E-state index contributed by atoms with van der Waals surface area (Å²) in [5.74, 6) is -0.735. The first-order chi connectivity index (χ1) is 12.1. The van der Waals surface area contributed by atoms with E-state index in [0.717, 1.165) is 0 Å². The number of rotatable bonds is 4. The maximum atomic E-state index is 14.1. The van der Waals surface area contributed by atoms with E-state index in [4.69, 9.17) is 0 Å². The van der Waals surface area contributed by atoms with E-state index in [2.05, 4.69) is 15.7 Å². The second kappa shape index (κ2) is 5.84. The van der Waals surface area contributed by atoms with Crippen molar-refractivity contribution in [3.63, 3.8) is 0 Å². The van der Waals surface area contributed by atoms with E-state index in [1.807, 2.05) is 0 Å². The second-order valence-corrected chi connectivity index (χ2v) is 6.16. The summed E-state index contributed by atoms with van der Waals surface area (Å²) >= 11 is 0. The molecule has 2 aromatic rings. The van der Waals surface area contributed by atoms with Gasteiger partial charge in [-0.3, -0.25) is 4.79 Å². The average Bonchev–Trinajstić information content (AvgIpc) is 3.28. The highest BCUT2D eigenvalue weighted by atomic mass is 19.1. The fraction of sp³-hybridized carbons (Fsp3) is 0.222.